The van der Waals surface area contributed by atoms with Gasteiger partial charge in [0.15, 0.2) is 0 Å². The molecule has 1 aromatic heterocycles. The maximum Gasteiger partial charge on any atom is 0.306 e. The van der Waals surface area contributed by atoms with E-state index in [9.17, 15) is 14.4 Å². The molecule has 0 fully saturated rings. The molecule has 2 amide bonds. The number of ether oxygens (including phenoxy) is 2. The lowest BCUT2D eigenvalue weighted by atomic mass is 10.1. The van der Waals surface area contributed by atoms with E-state index in [1.165, 1.54) is 11.3 Å². The second-order valence-corrected chi connectivity index (χ2v) is 8.57. The topological polar surface area (TPSA) is 108 Å². The van der Waals surface area contributed by atoms with Gasteiger partial charge in [-0.05, 0) is 43.0 Å². The normalized spacial score (nSPS) is 12.3. The van der Waals surface area contributed by atoms with Crippen molar-refractivity contribution in [3.05, 3.63) is 44.2 Å². The van der Waals surface area contributed by atoms with E-state index in [1.54, 1.807) is 18.2 Å². The van der Waals surface area contributed by atoms with Crippen LogP contribution in [0, 0.1) is 0 Å². The van der Waals surface area contributed by atoms with Crippen LogP contribution in [-0.2, 0) is 27.2 Å². The van der Waals surface area contributed by atoms with Gasteiger partial charge in [-0.3, -0.25) is 14.4 Å². The minimum Gasteiger partial charge on any atom is -0.488 e. The summed E-state index contributed by atoms with van der Waals surface area (Å²) in [5.41, 5.74) is 6.80. The molecule has 0 bridgehead atoms. The van der Waals surface area contributed by atoms with Crippen molar-refractivity contribution in [2.24, 2.45) is 5.73 Å². The van der Waals surface area contributed by atoms with Crippen LogP contribution < -0.4 is 15.8 Å². The van der Waals surface area contributed by atoms with E-state index in [1.807, 2.05) is 0 Å². The van der Waals surface area contributed by atoms with Crippen LogP contribution in [0.2, 0.25) is 10.0 Å². The molecule has 0 atom stereocenters. The number of aryl methyl sites for hydroxylation is 1. The SMILES string of the molecule is NC(=O)c1c(NC(=O)CCC(=O)OCCOc2ccc(Cl)cc2Cl)sc2c1CCC2. The molecule has 0 unspecified atom stereocenters. The molecule has 2 aromatic rings. The van der Waals surface area contributed by atoms with Gasteiger partial charge in [0.25, 0.3) is 5.91 Å². The van der Waals surface area contributed by atoms with E-state index >= 15 is 0 Å². The fourth-order valence-electron chi connectivity index (χ4n) is 3.13. The Hall–Kier alpha value is -2.29. The number of halogens is 2. The highest BCUT2D eigenvalue weighted by Gasteiger charge is 2.26. The highest BCUT2D eigenvalue weighted by molar-refractivity contribution is 7.17. The number of hydrogen-bond donors (Lipinski definition) is 2. The van der Waals surface area contributed by atoms with Gasteiger partial charge >= 0.3 is 5.97 Å². The predicted octanol–water partition coefficient (Wildman–Crippen LogP) is 3.98. The first-order valence-electron chi connectivity index (χ1n) is 9.33. The Morgan fingerprint density at radius 1 is 1.13 bits per heavy atom. The summed E-state index contributed by atoms with van der Waals surface area (Å²) in [4.78, 5) is 36.9. The van der Waals surface area contributed by atoms with E-state index in [-0.39, 0.29) is 32.0 Å². The lowest BCUT2D eigenvalue weighted by Gasteiger charge is -2.09. The van der Waals surface area contributed by atoms with E-state index in [0.717, 1.165) is 29.7 Å². The van der Waals surface area contributed by atoms with Crippen LogP contribution in [0.1, 0.15) is 40.1 Å². The highest BCUT2D eigenvalue weighted by Crippen LogP contribution is 2.38. The average molecular weight is 471 g/mol. The molecule has 1 aliphatic rings. The third kappa shape index (κ3) is 5.65. The summed E-state index contributed by atoms with van der Waals surface area (Å²) >= 11 is 13.2. The molecular weight excluding hydrogens is 451 g/mol. The number of anilines is 1. The largest absolute Gasteiger partial charge is 0.488 e. The number of thiophene rings is 1. The zero-order valence-electron chi connectivity index (χ0n) is 16.0. The van der Waals surface area contributed by atoms with Crippen LogP contribution in [0.3, 0.4) is 0 Å². The van der Waals surface area contributed by atoms with Crippen LogP contribution in [0.4, 0.5) is 5.00 Å². The molecule has 7 nitrogen and oxygen atoms in total. The molecule has 160 valence electrons. The van der Waals surface area contributed by atoms with Gasteiger partial charge in [0, 0.05) is 16.3 Å². The molecule has 3 N–H and O–H groups in total. The van der Waals surface area contributed by atoms with Crippen molar-refractivity contribution >= 4 is 57.3 Å². The molecule has 0 saturated carbocycles. The number of esters is 1. The van der Waals surface area contributed by atoms with E-state index < -0.39 is 11.9 Å². The van der Waals surface area contributed by atoms with Gasteiger partial charge < -0.3 is 20.5 Å². The van der Waals surface area contributed by atoms with Gasteiger partial charge in [0.05, 0.1) is 17.0 Å². The van der Waals surface area contributed by atoms with Gasteiger partial charge in [0.2, 0.25) is 5.91 Å². The van der Waals surface area contributed by atoms with E-state index in [0.29, 0.717) is 26.4 Å². The number of carbonyl (C=O) groups is 3. The van der Waals surface area contributed by atoms with Gasteiger partial charge in [-0.25, -0.2) is 0 Å². The smallest absolute Gasteiger partial charge is 0.306 e. The summed E-state index contributed by atoms with van der Waals surface area (Å²) in [6.45, 7) is 0.130. The number of primary amides is 1. The quantitative estimate of drug-likeness (QED) is 0.425. The Kier molecular flexibility index (Phi) is 7.58. The lowest BCUT2D eigenvalue weighted by Crippen LogP contribution is -2.19. The molecule has 0 spiro atoms. The number of benzene rings is 1. The maximum atomic E-state index is 12.2. The molecule has 0 saturated heterocycles. The first-order chi connectivity index (χ1) is 14.3. The van der Waals surface area contributed by atoms with Crippen molar-refractivity contribution in [3.63, 3.8) is 0 Å². The third-order valence-corrected chi connectivity index (χ3v) is 6.21. The second-order valence-electron chi connectivity index (χ2n) is 6.62. The molecule has 1 aromatic carbocycles. The van der Waals surface area contributed by atoms with Crippen molar-refractivity contribution in [2.45, 2.75) is 32.1 Å². The van der Waals surface area contributed by atoms with Gasteiger partial charge in [-0.1, -0.05) is 23.2 Å². The minimum absolute atomic E-state index is 0.0167. The van der Waals surface area contributed by atoms with E-state index in [4.69, 9.17) is 38.4 Å². The van der Waals surface area contributed by atoms with Gasteiger partial charge in [-0.2, -0.15) is 0 Å². The molecule has 10 heteroatoms. The van der Waals surface area contributed by atoms with Crippen LogP contribution in [0.5, 0.6) is 5.75 Å². The lowest BCUT2D eigenvalue weighted by molar-refractivity contribution is -0.145. The first kappa shape index (κ1) is 22.4. The van der Waals surface area contributed by atoms with Crippen LogP contribution in [-0.4, -0.2) is 31.0 Å². The molecule has 1 aliphatic carbocycles. The number of amides is 2. The Balaban J connectivity index is 1.40. The van der Waals surface area contributed by atoms with Crippen molar-refractivity contribution in [1.29, 1.82) is 0 Å². The molecular formula is C20H20Cl2N2O5S. The summed E-state index contributed by atoms with van der Waals surface area (Å²) in [5.74, 6) is -1.02. The number of hydrogen-bond acceptors (Lipinski definition) is 6. The number of fused-ring (bicyclic) bond motifs is 1. The number of carbonyl (C=O) groups excluding carboxylic acids is 3. The molecule has 0 radical (unpaired) electrons. The first-order valence-corrected chi connectivity index (χ1v) is 10.9. The van der Waals surface area contributed by atoms with Crippen LogP contribution in [0.25, 0.3) is 0 Å². The monoisotopic (exact) mass is 470 g/mol. The van der Waals surface area contributed by atoms with E-state index in [2.05, 4.69) is 5.32 Å². The highest BCUT2D eigenvalue weighted by atomic mass is 35.5. The molecule has 30 heavy (non-hydrogen) atoms. The Labute approximate surface area is 187 Å². The predicted molar refractivity (Wildman–Crippen MR) is 116 cm³/mol. The standard InChI is InChI=1S/C20H20Cl2N2O5S/c21-11-4-5-14(13(22)10-11)28-8-9-29-17(26)7-6-16(25)24-20-18(19(23)27)12-2-1-3-15(12)30-20/h4-5,10H,1-3,6-9H2,(H2,23,27)(H,24,25). The third-order valence-electron chi connectivity index (χ3n) is 4.47. The number of nitrogens with one attached hydrogen (secondary N) is 1. The summed E-state index contributed by atoms with van der Waals surface area (Å²) in [5, 5.41) is 4.01. The Morgan fingerprint density at radius 2 is 1.93 bits per heavy atom. The van der Waals surface area contributed by atoms with Gasteiger partial charge in [0.1, 0.15) is 24.0 Å². The zero-order chi connectivity index (χ0) is 21.7. The fourth-order valence-corrected chi connectivity index (χ4v) is 4.90. The Morgan fingerprint density at radius 3 is 2.67 bits per heavy atom. The number of nitrogens with two attached hydrogens (primary N) is 1. The zero-order valence-corrected chi connectivity index (χ0v) is 18.3. The molecule has 0 aliphatic heterocycles. The van der Waals surface area contributed by atoms with Gasteiger partial charge in [-0.15, -0.1) is 11.3 Å². The van der Waals surface area contributed by atoms with Crippen molar-refractivity contribution < 1.29 is 23.9 Å². The molecule has 3 rings (SSSR count). The summed E-state index contributed by atoms with van der Waals surface area (Å²) in [6.07, 6.45) is 2.49. The maximum absolute atomic E-state index is 12.2. The van der Waals surface area contributed by atoms with Crippen molar-refractivity contribution in [2.75, 3.05) is 18.5 Å². The van der Waals surface area contributed by atoms with Crippen molar-refractivity contribution in [1.82, 2.24) is 0 Å². The number of rotatable bonds is 9. The average Bonchev–Trinajstić information content (AvgIpc) is 3.25. The van der Waals surface area contributed by atoms with Crippen molar-refractivity contribution in [3.8, 4) is 5.75 Å². The minimum atomic E-state index is -0.551. The molecule has 1 heterocycles. The summed E-state index contributed by atoms with van der Waals surface area (Å²) in [6, 6.07) is 4.81. The fraction of sp³-hybridized carbons (Fsp3) is 0.350. The Bertz CT molecular complexity index is 976. The van der Waals surface area contributed by atoms with Crippen LogP contribution in [0.15, 0.2) is 18.2 Å². The second kappa shape index (κ2) is 10.1. The summed E-state index contributed by atoms with van der Waals surface area (Å²) < 4.78 is 10.5. The van der Waals surface area contributed by atoms with Crippen LogP contribution >= 0.6 is 34.5 Å². The summed E-state index contributed by atoms with van der Waals surface area (Å²) in [7, 11) is 0.